The third kappa shape index (κ3) is 5.47. The molecule has 4 rings (SSSR count). The molecular formula is C24H26N4O2S. The van der Waals surface area contributed by atoms with Gasteiger partial charge in [0.2, 0.25) is 0 Å². The van der Waals surface area contributed by atoms with Crippen LogP contribution in [0.4, 0.5) is 0 Å². The van der Waals surface area contributed by atoms with Crippen molar-refractivity contribution in [1.29, 1.82) is 5.26 Å². The Labute approximate surface area is 183 Å². The van der Waals surface area contributed by atoms with E-state index in [1.165, 1.54) is 11.6 Å². The molecule has 0 aliphatic carbocycles. The molecule has 0 amide bonds. The number of nitrogens with zero attached hydrogens (tertiary/aromatic N) is 2. The summed E-state index contributed by atoms with van der Waals surface area (Å²) in [5, 5.41) is 18.9. The van der Waals surface area contributed by atoms with Gasteiger partial charge in [0.25, 0.3) is 0 Å². The summed E-state index contributed by atoms with van der Waals surface area (Å²) in [5.41, 5.74) is 3.47. The Hall–Kier alpha value is -2.79. The molecule has 1 aliphatic heterocycles. The predicted octanol–water partition coefficient (Wildman–Crippen LogP) is 2.37. The fourth-order valence-corrected chi connectivity index (χ4v) is 4.75. The van der Waals surface area contributed by atoms with Crippen LogP contribution in [0, 0.1) is 11.3 Å². The first-order valence-electron chi connectivity index (χ1n) is 10.4. The van der Waals surface area contributed by atoms with Crippen LogP contribution in [0.25, 0.3) is 10.8 Å². The van der Waals surface area contributed by atoms with Crippen molar-refractivity contribution >= 4 is 20.6 Å². The summed E-state index contributed by atoms with van der Waals surface area (Å²) in [4.78, 5) is 4.59. The topological polar surface area (TPSA) is 94.9 Å². The van der Waals surface area contributed by atoms with Crippen LogP contribution < -0.4 is 10.6 Å². The first kappa shape index (κ1) is 21.4. The molecule has 2 aromatic carbocycles. The fourth-order valence-electron chi connectivity index (χ4n) is 4.18. The van der Waals surface area contributed by atoms with Crippen LogP contribution in [-0.4, -0.2) is 44.2 Å². The molecule has 1 fully saturated rings. The molecule has 1 aromatic heterocycles. The van der Waals surface area contributed by atoms with Crippen LogP contribution in [0.2, 0.25) is 0 Å². The van der Waals surface area contributed by atoms with Crippen LogP contribution in [-0.2, 0) is 29.1 Å². The van der Waals surface area contributed by atoms with Gasteiger partial charge in [0, 0.05) is 42.5 Å². The number of hydrogen-bond acceptors (Lipinski definition) is 6. The predicted molar refractivity (Wildman–Crippen MR) is 122 cm³/mol. The molecule has 1 saturated heterocycles. The molecule has 0 spiro atoms. The van der Waals surface area contributed by atoms with Crippen LogP contribution in [0.3, 0.4) is 0 Å². The normalized spacial score (nSPS) is 18.8. The van der Waals surface area contributed by atoms with E-state index in [0.29, 0.717) is 12.0 Å². The van der Waals surface area contributed by atoms with Crippen molar-refractivity contribution in [3.63, 3.8) is 0 Å². The number of pyridine rings is 1. The van der Waals surface area contributed by atoms with Gasteiger partial charge in [-0.3, -0.25) is 10.3 Å². The van der Waals surface area contributed by atoms with Crippen LogP contribution in [0.5, 0.6) is 0 Å². The van der Waals surface area contributed by atoms with Crippen molar-refractivity contribution in [3.05, 3.63) is 77.1 Å². The maximum Gasteiger partial charge on any atom is 0.147 e. The quantitative estimate of drug-likeness (QED) is 0.593. The molecule has 0 radical (unpaired) electrons. The minimum absolute atomic E-state index is 0.0469. The molecule has 2 atom stereocenters. The second kappa shape index (κ2) is 9.15. The standard InChI is InChI=1S/C24H26N4O2S/c1-31(29,30)10-9-23-18(7-4-8-19(23)14-25)12-22-16-27-24(28-22)13-21-11-17-5-2-3-6-20(17)15-26-21/h2-8,11,15,22,24,27-28H,9-10,12-13,16H2,1H3/t22-,24?/m0/s1. The number of rotatable bonds is 7. The number of fused-ring (bicyclic) bond motifs is 1. The van der Waals surface area contributed by atoms with E-state index < -0.39 is 9.84 Å². The molecule has 1 unspecified atom stereocenters. The van der Waals surface area contributed by atoms with E-state index in [2.05, 4.69) is 39.9 Å². The highest BCUT2D eigenvalue weighted by molar-refractivity contribution is 7.90. The lowest BCUT2D eigenvalue weighted by Crippen LogP contribution is -2.36. The SMILES string of the molecule is CS(=O)(=O)CCc1c(C#N)cccc1C[C@H]1CNC(Cc2cc3ccccc3cn2)N1. The number of benzene rings is 2. The summed E-state index contributed by atoms with van der Waals surface area (Å²) in [7, 11) is -3.09. The average molecular weight is 435 g/mol. The Morgan fingerprint density at radius 3 is 2.71 bits per heavy atom. The monoisotopic (exact) mass is 434 g/mol. The zero-order valence-corrected chi connectivity index (χ0v) is 18.3. The molecule has 3 aromatic rings. The van der Waals surface area contributed by atoms with Gasteiger partial charge >= 0.3 is 0 Å². The van der Waals surface area contributed by atoms with Gasteiger partial charge in [-0.2, -0.15) is 5.26 Å². The molecule has 1 aliphatic rings. The highest BCUT2D eigenvalue weighted by Crippen LogP contribution is 2.20. The molecule has 160 valence electrons. The van der Waals surface area contributed by atoms with Crippen molar-refractivity contribution < 1.29 is 8.42 Å². The van der Waals surface area contributed by atoms with E-state index >= 15 is 0 Å². The molecule has 2 heterocycles. The van der Waals surface area contributed by atoms with E-state index in [0.717, 1.165) is 41.6 Å². The summed E-state index contributed by atoms with van der Waals surface area (Å²) in [6.45, 7) is 0.806. The zero-order valence-electron chi connectivity index (χ0n) is 17.5. The summed E-state index contributed by atoms with van der Waals surface area (Å²) < 4.78 is 23.3. The van der Waals surface area contributed by atoms with Gasteiger partial charge in [0.05, 0.1) is 23.6 Å². The third-order valence-corrected chi connectivity index (χ3v) is 6.68. The molecule has 0 saturated carbocycles. The first-order chi connectivity index (χ1) is 14.9. The summed E-state index contributed by atoms with van der Waals surface area (Å²) in [6, 6.07) is 18.4. The summed E-state index contributed by atoms with van der Waals surface area (Å²) in [6.07, 6.45) is 5.15. The molecule has 31 heavy (non-hydrogen) atoms. The lowest BCUT2D eigenvalue weighted by Gasteiger charge is -2.16. The highest BCUT2D eigenvalue weighted by atomic mass is 32.2. The Morgan fingerprint density at radius 2 is 1.94 bits per heavy atom. The Morgan fingerprint density at radius 1 is 1.13 bits per heavy atom. The van der Waals surface area contributed by atoms with Crippen molar-refractivity contribution in [2.75, 3.05) is 18.6 Å². The fraction of sp³-hybridized carbons (Fsp3) is 0.333. The first-order valence-corrected chi connectivity index (χ1v) is 12.5. The highest BCUT2D eigenvalue weighted by Gasteiger charge is 2.25. The van der Waals surface area contributed by atoms with Gasteiger partial charge in [0.15, 0.2) is 0 Å². The largest absolute Gasteiger partial charge is 0.300 e. The number of nitrogens with one attached hydrogen (secondary N) is 2. The molecule has 0 bridgehead atoms. The lowest BCUT2D eigenvalue weighted by atomic mass is 9.95. The van der Waals surface area contributed by atoms with E-state index in [-0.39, 0.29) is 18.0 Å². The molecule has 6 nitrogen and oxygen atoms in total. The van der Waals surface area contributed by atoms with Crippen LogP contribution >= 0.6 is 0 Å². The van der Waals surface area contributed by atoms with E-state index in [9.17, 15) is 13.7 Å². The molecular weight excluding hydrogens is 408 g/mol. The van der Waals surface area contributed by atoms with E-state index in [1.807, 2.05) is 30.5 Å². The van der Waals surface area contributed by atoms with Crippen LogP contribution in [0.1, 0.15) is 22.4 Å². The van der Waals surface area contributed by atoms with Crippen molar-refractivity contribution in [1.82, 2.24) is 15.6 Å². The lowest BCUT2D eigenvalue weighted by molar-refractivity contribution is 0.511. The maximum atomic E-state index is 11.6. The van der Waals surface area contributed by atoms with E-state index in [1.54, 1.807) is 6.07 Å². The Kier molecular flexibility index (Phi) is 6.33. The van der Waals surface area contributed by atoms with Gasteiger partial charge in [-0.15, -0.1) is 0 Å². The van der Waals surface area contributed by atoms with Gasteiger partial charge in [0.1, 0.15) is 9.84 Å². The Balaban J connectivity index is 1.43. The number of sulfone groups is 1. The Bertz CT molecular complexity index is 1230. The summed E-state index contributed by atoms with van der Waals surface area (Å²) in [5.74, 6) is 0.0469. The zero-order chi connectivity index (χ0) is 21.8. The summed E-state index contributed by atoms with van der Waals surface area (Å²) >= 11 is 0. The van der Waals surface area contributed by atoms with Crippen molar-refractivity contribution in [3.8, 4) is 6.07 Å². The minimum atomic E-state index is -3.09. The number of nitriles is 1. The van der Waals surface area contributed by atoms with Crippen LogP contribution in [0.15, 0.2) is 54.7 Å². The average Bonchev–Trinajstić information content (AvgIpc) is 3.18. The molecule has 2 N–H and O–H groups in total. The van der Waals surface area contributed by atoms with Gasteiger partial charge < -0.3 is 5.32 Å². The smallest absolute Gasteiger partial charge is 0.147 e. The third-order valence-electron chi connectivity index (χ3n) is 5.73. The van der Waals surface area contributed by atoms with Gasteiger partial charge in [-0.1, -0.05) is 36.4 Å². The molecule has 7 heteroatoms. The van der Waals surface area contributed by atoms with Gasteiger partial charge in [-0.05, 0) is 41.5 Å². The van der Waals surface area contributed by atoms with Crippen molar-refractivity contribution in [2.45, 2.75) is 31.5 Å². The second-order valence-electron chi connectivity index (χ2n) is 8.19. The van der Waals surface area contributed by atoms with E-state index in [4.69, 9.17) is 0 Å². The number of aromatic nitrogens is 1. The minimum Gasteiger partial charge on any atom is -0.300 e. The number of hydrogen-bond donors (Lipinski definition) is 2. The second-order valence-corrected chi connectivity index (χ2v) is 10.5. The van der Waals surface area contributed by atoms with Crippen molar-refractivity contribution in [2.24, 2.45) is 0 Å². The van der Waals surface area contributed by atoms with Gasteiger partial charge in [-0.25, -0.2) is 8.42 Å². The maximum absolute atomic E-state index is 11.6.